The molecule has 0 amide bonds. The fourth-order valence-electron chi connectivity index (χ4n) is 5.30. The quantitative estimate of drug-likeness (QED) is 0.829. The van der Waals surface area contributed by atoms with E-state index in [4.69, 9.17) is 4.98 Å². The SMILES string of the molecule is CC(C)C(=O)[C@H]1CC[C@@H](c2nccc(N3C4CCC3CN(C)C4)n2)CC1. The molecule has 3 fully saturated rings. The van der Waals surface area contributed by atoms with Gasteiger partial charge in [0.25, 0.3) is 0 Å². The lowest BCUT2D eigenvalue weighted by molar-refractivity contribution is -0.126. The van der Waals surface area contributed by atoms with E-state index < -0.39 is 0 Å². The number of piperazine rings is 1. The van der Waals surface area contributed by atoms with Gasteiger partial charge in [-0.05, 0) is 51.6 Å². The average molecular weight is 357 g/mol. The number of ketones is 1. The molecule has 0 N–H and O–H groups in total. The highest BCUT2D eigenvalue weighted by Crippen LogP contribution is 2.37. The van der Waals surface area contributed by atoms with E-state index in [-0.39, 0.29) is 11.8 Å². The lowest BCUT2D eigenvalue weighted by Crippen LogP contribution is -2.52. The smallest absolute Gasteiger partial charge is 0.138 e. The van der Waals surface area contributed by atoms with Crippen LogP contribution in [0.25, 0.3) is 0 Å². The number of likely N-dealkylation sites (N-methyl/N-ethyl adjacent to an activating group) is 1. The van der Waals surface area contributed by atoms with Crippen molar-refractivity contribution in [3.8, 4) is 0 Å². The number of carbonyl (C=O) groups excluding carboxylic acids is 1. The third kappa shape index (κ3) is 3.38. The molecule has 0 aromatic carbocycles. The predicted molar refractivity (Wildman–Crippen MR) is 103 cm³/mol. The topological polar surface area (TPSA) is 49.3 Å². The van der Waals surface area contributed by atoms with Crippen LogP contribution in [0.5, 0.6) is 0 Å². The number of nitrogens with zero attached hydrogens (tertiary/aromatic N) is 4. The third-order valence-electron chi connectivity index (χ3n) is 6.65. The first-order valence-electron chi connectivity index (χ1n) is 10.4. The molecular weight excluding hydrogens is 324 g/mol. The van der Waals surface area contributed by atoms with Crippen molar-refractivity contribution in [1.82, 2.24) is 14.9 Å². The molecule has 26 heavy (non-hydrogen) atoms. The van der Waals surface area contributed by atoms with E-state index >= 15 is 0 Å². The largest absolute Gasteiger partial charge is 0.348 e. The number of rotatable bonds is 4. The maximum Gasteiger partial charge on any atom is 0.138 e. The Morgan fingerprint density at radius 3 is 2.35 bits per heavy atom. The van der Waals surface area contributed by atoms with Crippen LogP contribution in [0.15, 0.2) is 12.3 Å². The molecule has 3 heterocycles. The number of anilines is 1. The first-order chi connectivity index (χ1) is 12.5. The van der Waals surface area contributed by atoms with Gasteiger partial charge in [0.15, 0.2) is 0 Å². The van der Waals surface area contributed by atoms with E-state index in [0.29, 0.717) is 23.8 Å². The van der Waals surface area contributed by atoms with Gasteiger partial charge in [-0.1, -0.05) is 13.8 Å². The summed E-state index contributed by atoms with van der Waals surface area (Å²) in [5.41, 5.74) is 0. The number of likely N-dealkylation sites (tertiary alicyclic amines) is 1. The predicted octanol–water partition coefficient (Wildman–Crippen LogP) is 3.26. The van der Waals surface area contributed by atoms with Gasteiger partial charge in [-0.15, -0.1) is 0 Å². The highest BCUT2D eigenvalue weighted by atomic mass is 16.1. The molecule has 2 saturated heterocycles. The van der Waals surface area contributed by atoms with E-state index in [2.05, 4.69) is 27.9 Å². The van der Waals surface area contributed by atoms with Gasteiger partial charge in [0.1, 0.15) is 17.4 Å². The van der Waals surface area contributed by atoms with E-state index in [1.807, 2.05) is 20.0 Å². The van der Waals surface area contributed by atoms with Crippen molar-refractivity contribution in [3.05, 3.63) is 18.1 Å². The maximum atomic E-state index is 12.3. The first kappa shape index (κ1) is 17.9. The Hall–Kier alpha value is -1.49. The van der Waals surface area contributed by atoms with Crippen LogP contribution in [0.4, 0.5) is 5.82 Å². The molecule has 2 aliphatic heterocycles. The molecule has 142 valence electrons. The molecule has 2 atom stereocenters. The van der Waals surface area contributed by atoms with E-state index in [9.17, 15) is 4.79 Å². The summed E-state index contributed by atoms with van der Waals surface area (Å²) in [6, 6.07) is 3.29. The van der Waals surface area contributed by atoms with Crippen LogP contribution in [0.3, 0.4) is 0 Å². The van der Waals surface area contributed by atoms with Gasteiger partial charge in [-0.3, -0.25) is 4.79 Å². The fraction of sp³-hybridized carbons (Fsp3) is 0.762. The molecule has 3 aliphatic rings. The van der Waals surface area contributed by atoms with Crippen molar-refractivity contribution in [3.63, 3.8) is 0 Å². The second-order valence-corrected chi connectivity index (χ2v) is 8.89. The molecule has 1 aromatic heterocycles. The van der Waals surface area contributed by atoms with Crippen molar-refractivity contribution in [2.24, 2.45) is 11.8 Å². The first-order valence-corrected chi connectivity index (χ1v) is 10.4. The van der Waals surface area contributed by atoms with E-state index in [1.54, 1.807) is 0 Å². The summed E-state index contributed by atoms with van der Waals surface area (Å²) in [6.45, 7) is 6.31. The van der Waals surface area contributed by atoms with Crippen molar-refractivity contribution >= 4 is 11.6 Å². The maximum absolute atomic E-state index is 12.3. The normalized spacial score (nSPS) is 32.2. The average Bonchev–Trinajstić information content (AvgIpc) is 2.92. The molecule has 5 heteroatoms. The zero-order valence-corrected chi connectivity index (χ0v) is 16.4. The Labute approximate surface area is 157 Å². The van der Waals surface area contributed by atoms with Gasteiger partial charge in [0, 0.05) is 49.1 Å². The summed E-state index contributed by atoms with van der Waals surface area (Å²) in [4.78, 5) is 26.9. The molecular formula is C21H32N4O. The highest BCUT2D eigenvalue weighted by molar-refractivity contribution is 5.82. The fourth-order valence-corrected chi connectivity index (χ4v) is 5.30. The molecule has 1 aliphatic carbocycles. The minimum atomic E-state index is 0.156. The van der Waals surface area contributed by atoms with Crippen LogP contribution in [0.2, 0.25) is 0 Å². The minimum absolute atomic E-state index is 0.156. The van der Waals surface area contributed by atoms with Crippen LogP contribution in [-0.4, -0.2) is 52.9 Å². The number of hydrogen-bond acceptors (Lipinski definition) is 5. The van der Waals surface area contributed by atoms with Crippen molar-refractivity contribution in [1.29, 1.82) is 0 Å². The lowest BCUT2D eigenvalue weighted by atomic mass is 9.77. The highest BCUT2D eigenvalue weighted by Gasteiger charge is 2.39. The summed E-state index contributed by atoms with van der Waals surface area (Å²) >= 11 is 0. The van der Waals surface area contributed by atoms with E-state index in [0.717, 1.165) is 50.4 Å². The van der Waals surface area contributed by atoms with Crippen molar-refractivity contribution in [2.75, 3.05) is 25.0 Å². The van der Waals surface area contributed by atoms with Gasteiger partial charge < -0.3 is 9.80 Å². The van der Waals surface area contributed by atoms with Gasteiger partial charge in [0.05, 0.1) is 0 Å². The van der Waals surface area contributed by atoms with Gasteiger partial charge in [-0.2, -0.15) is 0 Å². The third-order valence-corrected chi connectivity index (χ3v) is 6.65. The summed E-state index contributed by atoms with van der Waals surface area (Å²) in [5, 5.41) is 0. The monoisotopic (exact) mass is 356 g/mol. The zero-order valence-electron chi connectivity index (χ0n) is 16.4. The molecule has 0 spiro atoms. The Balaban J connectivity index is 1.45. The van der Waals surface area contributed by atoms with Crippen LogP contribution in [-0.2, 0) is 4.79 Å². The Bertz CT molecular complexity index is 639. The Morgan fingerprint density at radius 1 is 1.08 bits per heavy atom. The lowest BCUT2D eigenvalue weighted by Gasteiger charge is -2.40. The van der Waals surface area contributed by atoms with Crippen molar-refractivity contribution < 1.29 is 4.79 Å². The van der Waals surface area contributed by atoms with Gasteiger partial charge >= 0.3 is 0 Å². The number of fused-ring (bicyclic) bond motifs is 2. The number of Topliss-reactive ketones (excluding diaryl/α,β-unsaturated/α-hetero) is 1. The Kier molecular flexibility index (Phi) is 5.00. The van der Waals surface area contributed by atoms with Crippen LogP contribution < -0.4 is 4.90 Å². The van der Waals surface area contributed by atoms with Crippen LogP contribution in [0.1, 0.15) is 64.1 Å². The second kappa shape index (κ2) is 7.26. The minimum Gasteiger partial charge on any atom is -0.348 e. The molecule has 2 unspecified atom stereocenters. The second-order valence-electron chi connectivity index (χ2n) is 8.89. The van der Waals surface area contributed by atoms with Gasteiger partial charge in [-0.25, -0.2) is 9.97 Å². The van der Waals surface area contributed by atoms with Crippen LogP contribution >= 0.6 is 0 Å². The summed E-state index contributed by atoms with van der Waals surface area (Å²) in [5.74, 6) is 3.38. The van der Waals surface area contributed by atoms with Gasteiger partial charge in [0.2, 0.25) is 0 Å². The van der Waals surface area contributed by atoms with Crippen molar-refractivity contribution in [2.45, 2.75) is 70.4 Å². The molecule has 5 nitrogen and oxygen atoms in total. The summed E-state index contributed by atoms with van der Waals surface area (Å²) < 4.78 is 0. The number of carbonyl (C=O) groups is 1. The summed E-state index contributed by atoms with van der Waals surface area (Å²) in [6.07, 6.45) is 8.57. The van der Waals surface area contributed by atoms with E-state index in [1.165, 1.54) is 12.8 Å². The molecule has 0 radical (unpaired) electrons. The molecule has 1 saturated carbocycles. The molecule has 4 rings (SSSR count). The molecule has 2 bridgehead atoms. The zero-order chi connectivity index (χ0) is 18.3. The number of aromatic nitrogens is 2. The number of hydrogen-bond donors (Lipinski definition) is 0. The molecule has 1 aromatic rings. The Morgan fingerprint density at radius 2 is 1.73 bits per heavy atom. The standard InChI is InChI=1S/C21H32N4O/c1-14(2)20(26)15-4-6-16(7-5-15)21-22-11-10-19(23-21)25-17-8-9-18(25)13-24(3)12-17/h10-11,14-18H,4-9,12-13H2,1-3H3/t15-,16+,17?,18?. The van der Waals surface area contributed by atoms with Crippen LogP contribution in [0, 0.1) is 11.8 Å². The summed E-state index contributed by atoms with van der Waals surface area (Å²) in [7, 11) is 2.23.